The van der Waals surface area contributed by atoms with E-state index in [1.54, 1.807) is 24.3 Å². The second kappa shape index (κ2) is 6.29. The van der Waals surface area contributed by atoms with Crippen LogP contribution in [0, 0.1) is 5.82 Å². The molecule has 0 amide bonds. The van der Waals surface area contributed by atoms with E-state index in [2.05, 4.69) is 24.1 Å². The maximum Gasteiger partial charge on any atom is 0.219 e. The molecule has 1 heterocycles. The van der Waals surface area contributed by atoms with Gasteiger partial charge in [0.15, 0.2) is 11.6 Å². The Labute approximate surface area is 112 Å². The lowest BCUT2D eigenvalue weighted by Gasteiger charge is -2.09. The molecule has 0 aliphatic rings. The van der Waals surface area contributed by atoms with Gasteiger partial charge in [0.05, 0.1) is 5.69 Å². The highest BCUT2D eigenvalue weighted by Crippen LogP contribution is 2.22. The smallest absolute Gasteiger partial charge is 0.219 e. The van der Waals surface area contributed by atoms with Crippen LogP contribution >= 0.6 is 0 Å². The average Bonchev–Trinajstić information content (AvgIpc) is 2.40. The highest BCUT2D eigenvalue weighted by atomic mass is 19.1. The van der Waals surface area contributed by atoms with Gasteiger partial charge < -0.3 is 10.1 Å². The first-order valence-corrected chi connectivity index (χ1v) is 6.27. The Bertz CT molecular complexity index is 543. The molecule has 0 aliphatic heterocycles. The molecule has 1 N–H and O–H groups in total. The second-order valence-corrected chi connectivity index (χ2v) is 4.54. The van der Waals surface area contributed by atoms with Gasteiger partial charge in [0, 0.05) is 18.7 Å². The molecule has 19 heavy (non-hydrogen) atoms. The summed E-state index contributed by atoms with van der Waals surface area (Å²) in [6.45, 7) is 4.80. The van der Waals surface area contributed by atoms with Crippen molar-refractivity contribution in [3.8, 4) is 11.6 Å². The van der Waals surface area contributed by atoms with Gasteiger partial charge in [-0.2, -0.15) is 0 Å². The third kappa shape index (κ3) is 4.03. The van der Waals surface area contributed by atoms with Gasteiger partial charge in [0.2, 0.25) is 5.88 Å². The summed E-state index contributed by atoms with van der Waals surface area (Å²) in [5, 5.41) is 3.27. The number of ether oxygens (including phenoxy) is 1. The predicted molar refractivity (Wildman–Crippen MR) is 72.7 cm³/mol. The Morgan fingerprint density at radius 3 is 2.68 bits per heavy atom. The molecule has 0 atom stereocenters. The van der Waals surface area contributed by atoms with Gasteiger partial charge in [-0.1, -0.05) is 32.0 Å². The fourth-order valence-electron chi connectivity index (χ4n) is 1.56. The first kappa shape index (κ1) is 13.5. The van der Waals surface area contributed by atoms with Gasteiger partial charge in [0.1, 0.15) is 0 Å². The Morgan fingerprint density at radius 2 is 1.95 bits per heavy atom. The van der Waals surface area contributed by atoms with Crippen LogP contribution in [0.3, 0.4) is 0 Å². The fourth-order valence-corrected chi connectivity index (χ4v) is 1.56. The molecular formula is C15H17FN2O. The summed E-state index contributed by atoms with van der Waals surface area (Å²) in [5.41, 5.74) is 0.863. The summed E-state index contributed by atoms with van der Waals surface area (Å²) in [7, 11) is 0. The summed E-state index contributed by atoms with van der Waals surface area (Å²) >= 11 is 0. The van der Waals surface area contributed by atoms with Gasteiger partial charge in [-0.25, -0.2) is 9.37 Å². The van der Waals surface area contributed by atoms with Crippen LogP contribution in [0.1, 0.15) is 19.5 Å². The van der Waals surface area contributed by atoms with E-state index in [0.717, 1.165) is 5.69 Å². The number of nitrogens with one attached hydrogen (secondary N) is 1. The topological polar surface area (TPSA) is 34.1 Å². The van der Waals surface area contributed by atoms with Gasteiger partial charge in [-0.05, 0) is 18.2 Å². The van der Waals surface area contributed by atoms with Gasteiger partial charge >= 0.3 is 0 Å². The van der Waals surface area contributed by atoms with Crippen LogP contribution in [0.25, 0.3) is 0 Å². The summed E-state index contributed by atoms with van der Waals surface area (Å²) in [5.74, 6) is 0.187. The maximum atomic E-state index is 13.5. The Balaban J connectivity index is 2.09. The highest BCUT2D eigenvalue weighted by molar-refractivity contribution is 5.28. The molecule has 1 aromatic heterocycles. The van der Waals surface area contributed by atoms with E-state index in [1.807, 2.05) is 12.1 Å². The van der Waals surface area contributed by atoms with Crippen molar-refractivity contribution in [2.45, 2.75) is 26.4 Å². The van der Waals surface area contributed by atoms with E-state index in [0.29, 0.717) is 18.5 Å². The summed E-state index contributed by atoms with van der Waals surface area (Å²) < 4.78 is 18.9. The van der Waals surface area contributed by atoms with E-state index in [-0.39, 0.29) is 5.75 Å². The van der Waals surface area contributed by atoms with E-state index in [9.17, 15) is 4.39 Å². The van der Waals surface area contributed by atoms with Crippen LogP contribution in [0.4, 0.5) is 4.39 Å². The summed E-state index contributed by atoms with van der Waals surface area (Å²) in [6.07, 6.45) is 0. The number of hydrogen-bond acceptors (Lipinski definition) is 3. The third-order valence-corrected chi connectivity index (χ3v) is 2.52. The minimum absolute atomic E-state index is 0.184. The van der Waals surface area contributed by atoms with Crippen LogP contribution in [0.15, 0.2) is 42.5 Å². The minimum Gasteiger partial charge on any atom is -0.436 e. The maximum absolute atomic E-state index is 13.5. The van der Waals surface area contributed by atoms with E-state index < -0.39 is 5.82 Å². The predicted octanol–water partition coefficient (Wildman–Crippen LogP) is 3.51. The molecule has 3 nitrogen and oxygen atoms in total. The third-order valence-electron chi connectivity index (χ3n) is 2.52. The van der Waals surface area contributed by atoms with E-state index in [1.165, 1.54) is 6.07 Å². The van der Waals surface area contributed by atoms with Crippen LogP contribution < -0.4 is 10.1 Å². The molecule has 2 aromatic rings. The zero-order chi connectivity index (χ0) is 13.7. The lowest BCUT2D eigenvalue weighted by atomic mass is 10.3. The number of pyridine rings is 1. The molecule has 0 radical (unpaired) electrons. The number of nitrogens with zero attached hydrogens (tertiary/aromatic N) is 1. The molecule has 0 saturated heterocycles. The van der Waals surface area contributed by atoms with Crippen LogP contribution in [0.5, 0.6) is 11.6 Å². The summed E-state index contributed by atoms with van der Waals surface area (Å²) in [4.78, 5) is 4.33. The minimum atomic E-state index is -0.394. The average molecular weight is 260 g/mol. The van der Waals surface area contributed by atoms with Gasteiger partial charge in [-0.3, -0.25) is 0 Å². The lowest BCUT2D eigenvalue weighted by Crippen LogP contribution is -2.22. The van der Waals surface area contributed by atoms with Crippen molar-refractivity contribution < 1.29 is 9.13 Å². The van der Waals surface area contributed by atoms with Crippen molar-refractivity contribution in [1.82, 2.24) is 10.3 Å². The fraction of sp³-hybridized carbons (Fsp3) is 0.267. The molecule has 0 bridgehead atoms. The number of para-hydroxylation sites is 1. The van der Waals surface area contributed by atoms with Crippen molar-refractivity contribution in [2.75, 3.05) is 0 Å². The quantitative estimate of drug-likeness (QED) is 0.893. The number of aromatic nitrogens is 1. The normalized spacial score (nSPS) is 10.7. The lowest BCUT2D eigenvalue weighted by molar-refractivity contribution is 0.424. The van der Waals surface area contributed by atoms with Crippen molar-refractivity contribution in [1.29, 1.82) is 0 Å². The Hall–Kier alpha value is -1.94. The van der Waals surface area contributed by atoms with Gasteiger partial charge in [-0.15, -0.1) is 0 Å². The van der Waals surface area contributed by atoms with Crippen molar-refractivity contribution in [2.24, 2.45) is 0 Å². The zero-order valence-corrected chi connectivity index (χ0v) is 11.1. The number of benzene rings is 1. The molecule has 0 unspecified atom stereocenters. The molecule has 0 fully saturated rings. The second-order valence-electron chi connectivity index (χ2n) is 4.54. The SMILES string of the molecule is CC(C)NCc1cccc(Oc2ccccc2F)n1. The molecule has 4 heteroatoms. The number of halogens is 1. The molecular weight excluding hydrogens is 243 g/mol. The molecule has 0 aliphatic carbocycles. The van der Waals surface area contributed by atoms with E-state index in [4.69, 9.17) is 4.74 Å². The van der Waals surface area contributed by atoms with Crippen molar-refractivity contribution in [3.05, 3.63) is 54.0 Å². The molecule has 0 saturated carbocycles. The van der Waals surface area contributed by atoms with Crippen molar-refractivity contribution in [3.63, 3.8) is 0 Å². The molecule has 0 spiro atoms. The standard InChI is InChI=1S/C15H17FN2O/c1-11(2)17-10-12-6-5-9-15(18-12)19-14-8-4-3-7-13(14)16/h3-9,11,17H,10H2,1-2H3. The molecule has 100 valence electrons. The first-order valence-electron chi connectivity index (χ1n) is 6.27. The van der Waals surface area contributed by atoms with Crippen LogP contribution in [-0.2, 0) is 6.54 Å². The first-order chi connectivity index (χ1) is 9.15. The number of rotatable bonds is 5. The number of hydrogen-bond donors (Lipinski definition) is 1. The van der Waals surface area contributed by atoms with Crippen LogP contribution in [0.2, 0.25) is 0 Å². The molecule has 1 aromatic carbocycles. The Morgan fingerprint density at radius 1 is 1.16 bits per heavy atom. The highest BCUT2D eigenvalue weighted by Gasteiger charge is 2.05. The van der Waals surface area contributed by atoms with Crippen LogP contribution in [-0.4, -0.2) is 11.0 Å². The molecule has 2 rings (SSSR count). The Kier molecular flexibility index (Phi) is 4.47. The monoisotopic (exact) mass is 260 g/mol. The summed E-state index contributed by atoms with van der Waals surface area (Å²) in [6, 6.07) is 12.1. The van der Waals surface area contributed by atoms with E-state index >= 15 is 0 Å². The van der Waals surface area contributed by atoms with Gasteiger partial charge in [0.25, 0.3) is 0 Å². The van der Waals surface area contributed by atoms with Crippen molar-refractivity contribution >= 4 is 0 Å². The zero-order valence-electron chi connectivity index (χ0n) is 11.1. The largest absolute Gasteiger partial charge is 0.436 e.